The molecule has 1 aliphatic heterocycles. The monoisotopic (exact) mass is 454 g/mol. The number of halogens is 2. The minimum absolute atomic E-state index is 0.0529. The number of fused-ring (bicyclic) bond motifs is 5. The van der Waals surface area contributed by atoms with E-state index < -0.39 is 6.04 Å². The van der Waals surface area contributed by atoms with E-state index in [9.17, 15) is 14.4 Å². The predicted molar refractivity (Wildman–Crippen MR) is 118 cm³/mol. The molecule has 2 aromatic rings. The van der Waals surface area contributed by atoms with Gasteiger partial charge in [-0.05, 0) is 42.0 Å². The van der Waals surface area contributed by atoms with Crippen LogP contribution >= 0.6 is 23.2 Å². The van der Waals surface area contributed by atoms with Gasteiger partial charge in [0.05, 0.1) is 35.0 Å². The highest BCUT2D eigenvalue weighted by Gasteiger charge is 2.60. The lowest BCUT2D eigenvalue weighted by molar-refractivity contribution is -0.144. The van der Waals surface area contributed by atoms with Crippen LogP contribution in [0.15, 0.2) is 60.7 Å². The van der Waals surface area contributed by atoms with Crippen molar-refractivity contribution in [3.63, 3.8) is 0 Å². The van der Waals surface area contributed by atoms with Gasteiger partial charge < -0.3 is 5.32 Å². The summed E-state index contributed by atoms with van der Waals surface area (Å²) in [4.78, 5) is 40.9. The number of benzene rings is 2. The summed E-state index contributed by atoms with van der Waals surface area (Å²) >= 11 is 12.1. The molecular formula is C24H20Cl2N2O3. The highest BCUT2D eigenvalue weighted by Crippen LogP contribution is 2.54. The van der Waals surface area contributed by atoms with Crippen molar-refractivity contribution in [3.8, 4) is 0 Å². The van der Waals surface area contributed by atoms with E-state index in [0.29, 0.717) is 15.7 Å². The first kappa shape index (κ1) is 20.3. The Balaban J connectivity index is 1.43. The molecular weight excluding hydrogens is 435 g/mol. The van der Waals surface area contributed by atoms with Crippen LogP contribution in [0.25, 0.3) is 0 Å². The van der Waals surface area contributed by atoms with Gasteiger partial charge in [-0.3, -0.25) is 19.3 Å². The first-order valence-corrected chi connectivity index (χ1v) is 11.0. The maximum Gasteiger partial charge on any atom is 0.234 e. The Morgan fingerprint density at radius 2 is 1.65 bits per heavy atom. The second-order valence-corrected chi connectivity index (χ2v) is 9.19. The Kier molecular flexibility index (Phi) is 5.11. The summed E-state index contributed by atoms with van der Waals surface area (Å²) in [6.45, 7) is 0. The van der Waals surface area contributed by atoms with E-state index in [0.717, 1.165) is 12.0 Å². The van der Waals surface area contributed by atoms with Crippen LogP contribution < -0.4 is 5.32 Å². The number of rotatable bonds is 5. The Labute approximate surface area is 190 Å². The van der Waals surface area contributed by atoms with Crippen molar-refractivity contribution in [1.29, 1.82) is 0 Å². The molecule has 5 unspecified atom stereocenters. The zero-order chi connectivity index (χ0) is 21.7. The molecule has 1 N–H and O–H groups in total. The van der Waals surface area contributed by atoms with Crippen molar-refractivity contribution in [2.24, 2.45) is 23.7 Å². The summed E-state index contributed by atoms with van der Waals surface area (Å²) in [5, 5.41) is 3.57. The maximum absolute atomic E-state index is 13.3. The number of allylic oxidation sites excluding steroid dienone is 2. The summed E-state index contributed by atoms with van der Waals surface area (Å²) in [5.74, 6) is -1.04. The number of nitrogens with one attached hydrogen (secondary N) is 1. The van der Waals surface area contributed by atoms with Gasteiger partial charge in [0.25, 0.3) is 0 Å². The number of imide groups is 1. The van der Waals surface area contributed by atoms with Crippen LogP contribution in [0, 0.1) is 23.7 Å². The fourth-order valence-electron chi connectivity index (χ4n) is 5.23. The summed E-state index contributed by atoms with van der Waals surface area (Å²) in [6.07, 6.45) is 4.94. The second kappa shape index (κ2) is 7.81. The number of hydrogen-bond acceptors (Lipinski definition) is 3. The van der Waals surface area contributed by atoms with Crippen LogP contribution in [-0.2, 0) is 14.4 Å². The molecule has 1 saturated heterocycles. The van der Waals surface area contributed by atoms with Gasteiger partial charge in [0.15, 0.2) is 0 Å². The van der Waals surface area contributed by atoms with E-state index in [2.05, 4.69) is 17.5 Å². The van der Waals surface area contributed by atoms with E-state index in [1.54, 1.807) is 18.2 Å². The van der Waals surface area contributed by atoms with Gasteiger partial charge in [-0.2, -0.15) is 0 Å². The molecule has 7 heteroatoms. The van der Waals surface area contributed by atoms with Crippen LogP contribution in [0.1, 0.15) is 24.4 Å². The highest BCUT2D eigenvalue weighted by molar-refractivity contribution is 6.36. The first-order chi connectivity index (χ1) is 14.9. The van der Waals surface area contributed by atoms with Gasteiger partial charge in [-0.15, -0.1) is 0 Å². The Hall–Kier alpha value is -2.63. The van der Waals surface area contributed by atoms with Crippen LogP contribution in [-0.4, -0.2) is 22.6 Å². The number of amides is 3. The molecule has 2 aliphatic carbocycles. The van der Waals surface area contributed by atoms with Crippen molar-refractivity contribution < 1.29 is 14.4 Å². The number of nitrogens with zero attached hydrogens (tertiary/aromatic N) is 1. The van der Waals surface area contributed by atoms with Crippen LogP contribution in [0.2, 0.25) is 10.0 Å². The average molecular weight is 455 g/mol. The van der Waals surface area contributed by atoms with E-state index in [1.807, 2.05) is 30.3 Å². The van der Waals surface area contributed by atoms with Crippen molar-refractivity contribution in [2.75, 3.05) is 5.32 Å². The smallest absolute Gasteiger partial charge is 0.234 e. The lowest BCUT2D eigenvalue weighted by atomic mass is 9.85. The largest absolute Gasteiger partial charge is 0.325 e. The van der Waals surface area contributed by atoms with Crippen molar-refractivity contribution in [1.82, 2.24) is 4.90 Å². The Morgan fingerprint density at radius 3 is 2.26 bits per heavy atom. The molecule has 5 rings (SSSR count). The predicted octanol–water partition coefficient (Wildman–Crippen LogP) is 4.87. The molecule has 1 saturated carbocycles. The third-order valence-corrected chi connectivity index (χ3v) is 7.13. The van der Waals surface area contributed by atoms with Crippen molar-refractivity contribution in [3.05, 3.63) is 76.3 Å². The topological polar surface area (TPSA) is 66.5 Å². The normalized spacial score (nSPS) is 27.0. The summed E-state index contributed by atoms with van der Waals surface area (Å²) in [7, 11) is 0. The molecule has 5 atom stereocenters. The zero-order valence-electron chi connectivity index (χ0n) is 16.5. The van der Waals surface area contributed by atoms with Gasteiger partial charge in [0.2, 0.25) is 17.7 Å². The third-order valence-electron chi connectivity index (χ3n) is 6.58. The molecule has 2 bridgehead atoms. The SMILES string of the molecule is O=C(CC(c1ccccc1)N1C(=O)C2C3C=CC(C3)C2C1=O)Nc1ccc(Cl)cc1Cl. The van der Waals surface area contributed by atoms with Gasteiger partial charge in [-0.1, -0.05) is 65.7 Å². The zero-order valence-corrected chi connectivity index (χ0v) is 18.0. The molecule has 2 aromatic carbocycles. The lowest BCUT2D eigenvalue weighted by Gasteiger charge is -2.28. The summed E-state index contributed by atoms with van der Waals surface area (Å²) in [6, 6.07) is 13.4. The van der Waals surface area contributed by atoms with E-state index in [4.69, 9.17) is 23.2 Å². The van der Waals surface area contributed by atoms with Crippen LogP contribution in [0.3, 0.4) is 0 Å². The maximum atomic E-state index is 13.3. The number of anilines is 1. The van der Waals surface area contributed by atoms with E-state index >= 15 is 0 Å². The van der Waals surface area contributed by atoms with Gasteiger partial charge in [0.1, 0.15) is 0 Å². The number of carbonyl (C=O) groups excluding carboxylic acids is 3. The van der Waals surface area contributed by atoms with Gasteiger partial charge in [0, 0.05) is 5.02 Å². The number of carbonyl (C=O) groups is 3. The Morgan fingerprint density at radius 1 is 1.00 bits per heavy atom. The molecule has 5 nitrogen and oxygen atoms in total. The van der Waals surface area contributed by atoms with Gasteiger partial charge in [-0.25, -0.2) is 0 Å². The fourth-order valence-corrected chi connectivity index (χ4v) is 5.69. The number of likely N-dealkylation sites (tertiary alicyclic amines) is 1. The average Bonchev–Trinajstić information content (AvgIpc) is 3.43. The molecule has 3 aliphatic rings. The molecule has 0 radical (unpaired) electrons. The van der Waals surface area contributed by atoms with Crippen molar-refractivity contribution in [2.45, 2.75) is 18.9 Å². The second-order valence-electron chi connectivity index (χ2n) is 8.35. The van der Waals surface area contributed by atoms with Crippen molar-refractivity contribution >= 4 is 46.6 Å². The number of hydrogen-bond donors (Lipinski definition) is 1. The van der Waals surface area contributed by atoms with E-state index in [1.165, 1.54) is 4.90 Å². The lowest BCUT2D eigenvalue weighted by Crippen LogP contribution is -2.38. The molecule has 0 aromatic heterocycles. The minimum atomic E-state index is -0.669. The molecule has 0 spiro atoms. The molecule has 2 fully saturated rings. The van der Waals surface area contributed by atoms with Crippen LogP contribution in [0.4, 0.5) is 5.69 Å². The fraction of sp³-hybridized carbons (Fsp3) is 0.292. The minimum Gasteiger partial charge on any atom is -0.325 e. The molecule has 158 valence electrons. The standard InChI is InChI=1S/C24H20Cl2N2O3/c25-16-8-9-18(17(26)11-16)27-20(29)12-19(13-4-2-1-3-5-13)28-23(30)21-14-6-7-15(10-14)22(21)24(28)31/h1-9,11,14-15,19,21-22H,10,12H2,(H,27,29). The molecule has 1 heterocycles. The quantitative estimate of drug-likeness (QED) is 0.517. The van der Waals surface area contributed by atoms with E-state index in [-0.39, 0.29) is 47.8 Å². The molecule has 31 heavy (non-hydrogen) atoms. The van der Waals surface area contributed by atoms with Crippen LogP contribution in [0.5, 0.6) is 0 Å². The highest BCUT2D eigenvalue weighted by atomic mass is 35.5. The summed E-state index contributed by atoms with van der Waals surface area (Å²) in [5.41, 5.74) is 1.18. The first-order valence-electron chi connectivity index (χ1n) is 10.3. The summed E-state index contributed by atoms with van der Waals surface area (Å²) < 4.78 is 0. The Bertz CT molecular complexity index is 1070. The third kappa shape index (κ3) is 3.46. The van der Waals surface area contributed by atoms with Gasteiger partial charge >= 0.3 is 0 Å². The molecule has 3 amide bonds.